The number of methoxy groups -OCH3 is 1. The normalized spacial score (nSPS) is 12.2. The summed E-state index contributed by atoms with van der Waals surface area (Å²) in [5.74, 6) is 1.24. The number of aromatic nitrogens is 2. The largest absolute Gasteiger partial charge is 0.467 e. The van der Waals surface area contributed by atoms with Gasteiger partial charge in [-0.1, -0.05) is 0 Å². The first kappa shape index (κ1) is 14.6. The first-order valence-electron chi connectivity index (χ1n) is 6.56. The molecule has 0 atom stereocenters. The van der Waals surface area contributed by atoms with Crippen LogP contribution < -0.4 is 0 Å². The van der Waals surface area contributed by atoms with Gasteiger partial charge in [-0.05, 0) is 30.3 Å². The number of rotatable bonds is 4. The second kappa shape index (κ2) is 5.49. The van der Waals surface area contributed by atoms with Crippen LogP contribution in [-0.2, 0) is 24.1 Å². The van der Waals surface area contributed by atoms with E-state index in [1.54, 1.807) is 23.0 Å². The van der Waals surface area contributed by atoms with Gasteiger partial charge in [0, 0.05) is 7.11 Å². The van der Waals surface area contributed by atoms with Crippen LogP contribution in [0.3, 0.4) is 0 Å². The maximum absolute atomic E-state index is 12.8. The number of nitrogens with zero attached hydrogens (tertiary/aromatic N) is 2. The third-order valence-corrected chi connectivity index (χ3v) is 3.32. The zero-order valence-corrected chi connectivity index (χ0v) is 11.7. The fourth-order valence-corrected chi connectivity index (χ4v) is 2.33. The molecule has 4 nitrogen and oxygen atoms in total. The molecule has 1 aromatic carbocycles. The maximum atomic E-state index is 12.8. The van der Waals surface area contributed by atoms with Crippen molar-refractivity contribution in [3.05, 3.63) is 53.7 Å². The van der Waals surface area contributed by atoms with Gasteiger partial charge < -0.3 is 13.7 Å². The fraction of sp³-hybridized carbons (Fsp3) is 0.267. The lowest BCUT2D eigenvalue weighted by atomic mass is 10.2. The Bertz CT molecular complexity index is 776. The average Bonchev–Trinajstić information content (AvgIpc) is 3.07. The van der Waals surface area contributed by atoms with Crippen molar-refractivity contribution in [3.8, 4) is 0 Å². The summed E-state index contributed by atoms with van der Waals surface area (Å²) < 4.78 is 50.6. The third kappa shape index (κ3) is 2.71. The Labute approximate surface area is 124 Å². The Kier molecular flexibility index (Phi) is 3.66. The number of halogens is 3. The van der Waals surface area contributed by atoms with E-state index in [1.165, 1.54) is 13.2 Å². The van der Waals surface area contributed by atoms with Gasteiger partial charge >= 0.3 is 6.18 Å². The van der Waals surface area contributed by atoms with E-state index in [2.05, 4.69) is 4.98 Å². The lowest BCUT2D eigenvalue weighted by Gasteiger charge is -2.08. The number of fused-ring (bicyclic) bond motifs is 1. The van der Waals surface area contributed by atoms with E-state index in [4.69, 9.17) is 9.15 Å². The van der Waals surface area contributed by atoms with Crippen LogP contribution in [0.5, 0.6) is 0 Å². The van der Waals surface area contributed by atoms with Crippen LogP contribution >= 0.6 is 0 Å². The molecule has 0 saturated heterocycles. The molecule has 2 heterocycles. The molecule has 7 heteroatoms. The molecule has 0 aliphatic rings. The van der Waals surface area contributed by atoms with E-state index in [-0.39, 0.29) is 12.1 Å². The molecule has 116 valence electrons. The van der Waals surface area contributed by atoms with Crippen molar-refractivity contribution in [3.63, 3.8) is 0 Å². The predicted molar refractivity (Wildman–Crippen MR) is 73.3 cm³/mol. The number of alkyl halides is 3. The highest BCUT2D eigenvalue weighted by atomic mass is 19.4. The summed E-state index contributed by atoms with van der Waals surface area (Å²) in [6.07, 6.45) is -2.84. The van der Waals surface area contributed by atoms with Crippen molar-refractivity contribution in [2.24, 2.45) is 0 Å². The Balaban J connectivity index is 2.10. The minimum Gasteiger partial charge on any atom is -0.467 e. The number of furan rings is 1. The van der Waals surface area contributed by atoms with E-state index < -0.39 is 11.7 Å². The van der Waals surface area contributed by atoms with E-state index in [9.17, 15) is 13.2 Å². The molecule has 0 bridgehead atoms. The van der Waals surface area contributed by atoms with Crippen LogP contribution in [0, 0.1) is 0 Å². The van der Waals surface area contributed by atoms with Crippen molar-refractivity contribution in [1.29, 1.82) is 0 Å². The van der Waals surface area contributed by atoms with Crippen molar-refractivity contribution >= 4 is 11.0 Å². The van der Waals surface area contributed by atoms with Crippen LogP contribution in [0.25, 0.3) is 11.0 Å². The highest BCUT2D eigenvalue weighted by Crippen LogP contribution is 2.31. The number of ether oxygens (including phenoxy) is 1. The predicted octanol–water partition coefficient (Wildman–Crippen LogP) is 3.84. The summed E-state index contributed by atoms with van der Waals surface area (Å²) in [7, 11) is 1.51. The van der Waals surface area contributed by atoms with Gasteiger partial charge in [-0.15, -0.1) is 0 Å². The molecular weight excluding hydrogens is 297 g/mol. The topological polar surface area (TPSA) is 40.2 Å². The summed E-state index contributed by atoms with van der Waals surface area (Å²) in [5, 5.41) is 0. The van der Waals surface area contributed by atoms with Crippen LogP contribution in [-0.4, -0.2) is 16.7 Å². The molecule has 0 fully saturated rings. The van der Waals surface area contributed by atoms with Gasteiger partial charge in [-0.2, -0.15) is 13.2 Å². The lowest BCUT2D eigenvalue weighted by molar-refractivity contribution is -0.137. The monoisotopic (exact) mass is 310 g/mol. The maximum Gasteiger partial charge on any atom is 0.416 e. The molecule has 0 aliphatic heterocycles. The minimum absolute atomic E-state index is 0.205. The molecule has 0 amide bonds. The quantitative estimate of drug-likeness (QED) is 0.735. The Morgan fingerprint density at radius 1 is 1.27 bits per heavy atom. The molecule has 0 unspecified atom stereocenters. The van der Waals surface area contributed by atoms with Gasteiger partial charge in [-0.25, -0.2) is 4.98 Å². The SMILES string of the molecule is COCc1nc2cc(C(F)(F)F)ccc2n1Cc1ccco1. The van der Waals surface area contributed by atoms with Gasteiger partial charge in [0.05, 0.1) is 29.4 Å². The molecule has 2 aromatic heterocycles. The second-order valence-electron chi connectivity index (χ2n) is 4.83. The number of hydrogen-bond acceptors (Lipinski definition) is 3. The van der Waals surface area contributed by atoms with E-state index in [1.807, 2.05) is 0 Å². The summed E-state index contributed by atoms with van der Waals surface area (Å²) in [5.41, 5.74) is 0.177. The molecule has 0 saturated carbocycles. The van der Waals surface area contributed by atoms with E-state index in [0.717, 1.165) is 12.1 Å². The number of imidazole rings is 1. The van der Waals surface area contributed by atoms with Crippen molar-refractivity contribution < 1.29 is 22.3 Å². The Morgan fingerprint density at radius 3 is 2.73 bits per heavy atom. The molecule has 3 rings (SSSR count). The number of benzene rings is 1. The van der Waals surface area contributed by atoms with Crippen molar-refractivity contribution in [2.45, 2.75) is 19.3 Å². The molecule has 3 aromatic rings. The van der Waals surface area contributed by atoms with Gasteiger partial charge in [0.2, 0.25) is 0 Å². The van der Waals surface area contributed by atoms with Crippen LogP contribution in [0.4, 0.5) is 13.2 Å². The van der Waals surface area contributed by atoms with Crippen LogP contribution in [0.1, 0.15) is 17.1 Å². The molecular formula is C15H13F3N2O2. The van der Waals surface area contributed by atoms with E-state index >= 15 is 0 Å². The molecule has 0 aliphatic carbocycles. The molecule has 22 heavy (non-hydrogen) atoms. The second-order valence-corrected chi connectivity index (χ2v) is 4.83. The average molecular weight is 310 g/mol. The molecule has 0 radical (unpaired) electrons. The molecule has 0 N–H and O–H groups in total. The van der Waals surface area contributed by atoms with Gasteiger partial charge in [0.15, 0.2) is 0 Å². The Morgan fingerprint density at radius 2 is 2.09 bits per heavy atom. The minimum atomic E-state index is -4.39. The zero-order chi connectivity index (χ0) is 15.7. The third-order valence-electron chi connectivity index (χ3n) is 3.32. The highest BCUT2D eigenvalue weighted by Gasteiger charge is 2.31. The van der Waals surface area contributed by atoms with Gasteiger partial charge in [0.25, 0.3) is 0 Å². The summed E-state index contributed by atoms with van der Waals surface area (Å²) >= 11 is 0. The van der Waals surface area contributed by atoms with Crippen molar-refractivity contribution in [2.75, 3.05) is 7.11 Å². The summed E-state index contributed by atoms with van der Waals surface area (Å²) in [6, 6.07) is 7.08. The first-order valence-corrected chi connectivity index (χ1v) is 6.56. The standard InChI is InChI=1S/C15H13F3N2O2/c1-21-9-14-19-12-7-10(15(16,17)18)4-5-13(12)20(14)8-11-3-2-6-22-11/h2-7H,8-9H2,1H3. The summed E-state index contributed by atoms with van der Waals surface area (Å²) in [6.45, 7) is 0.588. The van der Waals surface area contributed by atoms with Gasteiger partial charge in [0.1, 0.15) is 18.2 Å². The van der Waals surface area contributed by atoms with Gasteiger partial charge in [-0.3, -0.25) is 0 Å². The van der Waals surface area contributed by atoms with E-state index in [0.29, 0.717) is 23.6 Å². The highest BCUT2D eigenvalue weighted by molar-refractivity contribution is 5.77. The summed E-state index contributed by atoms with van der Waals surface area (Å²) in [4.78, 5) is 4.25. The van der Waals surface area contributed by atoms with Crippen LogP contribution in [0.2, 0.25) is 0 Å². The smallest absolute Gasteiger partial charge is 0.416 e. The van der Waals surface area contributed by atoms with Crippen molar-refractivity contribution in [1.82, 2.24) is 9.55 Å². The fourth-order valence-electron chi connectivity index (χ4n) is 2.33. The zero-order valence-electron chi connectivity index (χ0n) is 11.7. The lowest BCUT2D eigenvalue weighted by Crippen LogP contribution is -2.06. The molecule has 0 spiro atoms. The van der Waals surface area contributed by atoms with Crippen LogP contribution in [0.15, 0.2) is 41.0 Å². The number of hydrogen-bond donors (Lipinski definition) is 0. The first-order chi connectivity index (χ1) is 10.5. The Hall–Kier alpha value is -2.28.